The van der Waals surface area contributed by atoms with Crippen LogP contribution in [-0.2, 0) is 0 Å². The molecule has 0 spiro atoms. The quantitative estimate of drug-likeness (QED) is 0.450. The van der Waals surface area contributed by atoms with Crippen molar-refractivity contribution in [1.29, 1.82) is 0 Å². The van der Waals surface area contributed by atoms with Crippen LogP contribution in [0.15, 0.2) is 0 Å². The van der Waals surface area contributed by atoms with Crippen molar-refractivity contribution in [3.05, 3.63) is 6.92 Å². The molecule has 2 unspecified atom stereocenters. The summed E-state index contributed by atoms with van der Waals surface area (Å²) in [6, 6.07) is 0. The van der Waals surface area contributed by atoms with Gasteiger partial charge in [0, 0.05) is 0 Å². The minimum atomic E-state index is 0.731. The highest BCUT2D eigenvalue weighted by molar-refractivity contribution is 4.80. The summed E-state index contributed by atoms with van der Waals surface area (Å²) in [5.41, 5.74) is 0. The van der Waals surface area contributed by atoms with Crippen molar-refractivity contribution < 1.29 is 0 Å². The Balaban J connectivity index is 2.44. The first-order valence-electron chi connectivity index (χ1n) is 3.55. The maximum Gasteiger partial charge on any atom is -0.0363 e. The smallest absolute Gasteiger partial charge is 0.0363 e. The highest BCUT2D eigenvalue weighted by Gasteiger charge is 2.25. The van der Waals surface area contributed by atoms with Crippen LogP contribution in [0.3, 0.4) is 0 Å². The molecular weight excluding hydrogens is 96.1 g/mol. The van der Waals surface area contributed by atoms with E-state index in [1.165, 1.54) is 12.8 Å². The zero-order chi connectivity index (χ0) is 6.15. The lowest BCUT2D eigenvalue weighted by Crippen LogP contribution is -2.04. The summed E-state index contributed by atoms with van der Waals surface area (Å²) in [5, 5.41) is 0. The van der Waals surface area contributed by atoms with E-state index in [2.05, 4.69) is 20.8 Å². The van der Waals surface area contributed by atoms with E-state index in [-0.39, 0.29) is 0 Å². The Bertz CT molecular complexity index is 66.1. The molecule has 8 heavy (non-hydrogen) atoms. The number of hydrogen-bond donors (Lipinski definition) is 0. The predicted molar refractivity (Wildman–Crippen MR) is 36.4 cm³/mol. The van der Waals surface area contributed by atoms with Crippen molar-refractivity contribution in [2.45, 2.75) is 26.7 Å². The van der Waals surface area contributed by atoms with Crippen LogP contribution in [0.25, 0.3) is 0 Å². The standard InChI is InChI=1S/C8H15/c1-6-4-5-7(2)8(6)3/h6-8H,3-5H2,1-2H3. The van der Waals surface area contributed by atoms with E-state index >= 15 is 0 Å². The van der Waals surface area contributed by atoms with Crippen molar-refractivity contribution in [3.63, 3.8) is 0 Å². The van der Waals surface area contributed by atoms with Gasteiger partial charge in [0.05, 0.1) is 0 Å². The van der Waals surface area contributed by atoms with Gasteiger partial charge < -0.3 is 0 Å². The normalized spacial score (nSPS) is 47.6. The molecule has 0 bridgehead atoms. The van der Waals surface area contributed by atoms with Gasteiger partial charge in [-0.15, -0.1) is 0 Å². The molecule has 0 heterocycles. The molecule has 1 aliphatic rings. The Morgan fingerprint density at radius 3 is 1.62 bits per heavy atom. The van der Waals surface area contributed by atoms with Gasteiger partial charge in [-0.05, 0) is 24.7 Å². The third kappa shape index (κ3) is 0.888. The maximum atomic E-state index is 4.10. The molecule has 1 aliphatic carbocycles. The second-order valence-corrected chi connectivity index (χ2v) is 3.20. The lowest BCUT2D eigenvalue weighted by atomic mass is 9.94. The summed E-state index contributed by atoms with van der Waals surface area (Å²) in [6.07, 6.45) is 2.80. The molecule has 0 aliphatic heterocycles. The van der Waals surface area contributed by atoms with Gasteiger partial charge in [-0.3, -0.25) is 0 Å². The number of rotatable bonds is 0. The SMILES string of the molecule is [CH2]C1C(C)CCC1C. The second-order valence-electron chi connectivity index (χ2n) is 3.20. The first-order chi connectivity index (χ1) is 3.72. The molecule has 1 radical (unpaired) electrons. The summed E-state index contributed by atoms with van der Waals surface area (Å²) >= 11 is 0. The van der Waals surface area contributed by atoms with Gasteiger partial charge in [-0.2, -0.15) is 0 Å². The fourth-order valence-electron chi connectivity index (χ4n) is 1.51. The Hall–Kier alpha value is 0. The van der Waals surface area contributed by atoms with Crippen LogP contribution in [0, 0.1) is 24.7 Å². The molecule has 0 aromatic heterocycles. The van der Waals surface area contributed by atoms with E-state index in [0.717, 1.165) is 17.8 Å². The Labute approximate surface area is 52.3 Å². The molecule has 1 rings (SSSR count). The van der Waals surface area contributed by atoms with Crippen molar-refractivity contribution in [2.75, 3.05) is 0 Å². The summed E-state index contributed by atoms with van der Waals surface area (Å²) in [7, 11) is 0. The minimum absolute atomic E-state index is 0.731. The zero-order valence-corrected chi connectivity index (χ0v) is 5.85. The van der Waals surface area contributed by atoms with E-state index < -0.39 is 0 Å². The summed E-state index contributed by atoms with van der Waals surface area (Å²) in [5.74, 6) is 2.49. The Morgan fingerprint density at radius 1 is 1.12 bits per heavy atom. The molecule has 47 valence electrons. The molecule has 0 aromatic carbocycles. The lowest BCUT2D eigenvalue weighted by molar-refractivity contribution is 0.422. The highest BCUT2D eigenvalue weighted by Crippen LogP contribution is 2.35. The first kappa shape index (κ1) is 6.12. The molecule has 0 aromatic rings. The molecule has 0 nitrogen and oxygen atoms in total. The van der Waals surface area contributed by atoms with Crippen molar-refractivity contribution >= 4 is 0 Å². The fraction of sp³-hybridized carbons (Fsp3) is 0.875. The first-order valence-corrected chi connectivity index (χ1v) is 3.55. The van der Waals surface area contributed by atoms with Gasteiger partial charge in [0.1, 0.15) is 0 Å². The molecule has 0 heteroatoms. The summed E-state index contributed by atoms with van der Waals surface area (Å²) < 4.78 is 0. The van der Waals surface area contributed by atoms with Gasteiger partial charge >= 0.3 is 0 Å². The summed E-state index contributed by atoms with van der Waals surface area (Å²) in [6.45, 7) is 8.71. The molecule has 0 amide bonds. The molecule has 1 fully saturated rings. The van der Waals surface area contributed by atoms with Crippen molar-refractivity contribution in [2.24, 2.45) is 17.8 Å². The average Bonchev–Trinajstić information content (AvgIpc) is 1.98. The van der Waals surface area contributed by atoms with Crippen LogP contribution in [0.4, 0.5) is 0 Å². The molecule has 1 saturated carbocycles. The van der Waals surface area contributed by atoms with Gasteiger partial charge in [0.15, 0.2) is 0 Å². The second kappa shape index (κ2) is 2.08. The highest BCUT2D eigenvalue weighted by atomic mass is 14.3. The fourth-order valence-corrected chi connectivity index (χ4v) is 1.51. The number of hydrogen-bond acceptors (Lipinski definition) is 0. The minimum Gasteiger partial charge on any atom is -0.0622 e. The van der Waals surface area contributed by atoms with Crippen LogP contribution in [0.5, 0.6) is 0 Å². The van der Waals surface area contributed by atoms with Gasteiger partial charge in [-0.1, -0.05) is 26.7 Å². The predicted octanol–water partition coefficient (Wildman–Crippen LogP) is 2.50. The van der Waals surface area contributed by atoms with Gasteiger partial charge in [0.25, 0.3) is 0 Å². The zero-order valence-electron chi connectivity index (χ0n) is 5.85. The van der Waals surface area contributed by atoms with Crippen LogP contribution < -0.4 is 0 Å². The molecular formula is C8H15. The largest absolute Gasteiger partial charge is 0.0622 e. The maximum absolute atomic E-state index is 4.10. The van der Waals surface area contributed by atoms with E-state index in [1.54, 1.807) is 0 Å². The monoisotopic (exact) mass is 111 g/mol. The van der Waals surface area contributed by atoms with Crippen LogP contribution >= 0.6 is 0 Å². The molecule has 0 saturated heterocycles. The Morgan fingerprint density at radius 2 is 1.50 bits per heavy atom. The van der Waals surface area contributed by atoms with E-state index in [0.29, 0.717) is 0 Å². The van der Waals surface area contributed by atoms with Crippen molar-refractivity contribution in [1.82, 2.24) is 0 Å². The topological polar surface area (TPSA) is 0 Å². The summed E-state index contributed by atoms with van der Waals surface area (Å²) in [4.78, 5) is 0. The molecule has 0 N–H and O–H groups in total. The van der Waals surface area contributed by atoms with Crippen LogP contribution in [-0.4, -0.2) is 0 Å². The average molecular weight is 111 g/mol. The van der Waals surface area contributed by atoms with E-state index in [1.807, 2.05) is 0 Å². The Kier molecular flexibility index (Phi) is 1.59. The lowest BCUT2D eigenvalue weighted by Gasteiger charge is -2.11. The third-order valence-electron chi connectivity index (χ3n) is 2.54. The molecule has 2 atom stereocenters. The third-order valence-corrected chi connectivity index (χ3v) is 2.54. The van der Waals surface area contributed by atoms with Gasteiger partial charge in [-0.25, -0.2) is 0 Å². The van der Waals surface area contributed by atoms with Crippen molar-refractivity contribution in [3.8, 4) is 0 Å². The van der Waals surface area contributed by atoms with Gasteiger partial charge in [0.2, 0.25) is 0 Å². The van der Waals surface area contributed by atoms with E-state index in [4.69, 9.17) is 0 Å². The van der Waals surface area contributed by atoms with E-state index in [9.17, 15) is 0 Å². The van der Waals surface area contributed by atoms with Crippen LogP contribution in [0.1, 0.15) is 26.7 Å². The van der Waals surface area contributed by atoms with Crippen LogP contribution in [0.2, 0.25) is 0 Å².